The molecule has 1 rings (SSSR count). The molecule has 5 heteroatoms. The Bertz CT molecular complexity index is 419. The van der Waals surface area contributed by atoms with Gasteiger partial charge in [0, 0.05) is 12.4 Å². The first-order valence-electron chi connectivity index (χ1n) is 6.91. The number of nitrogens with zero attached hydrogens (tertiary/aromatic N) is 1. The molecule has 0 saturated heterocycles. The quantitative estimate of drug-likeness (QED) is 0.414. The van der Waals surface area contributed by atoms with Crippen LogP contribution in [-0.2, 0) is 25.5 Å². The third-order valence-corrected chi connectivity index (χ3v) is 2.84. The van der Waals surface area contributed by atoms with Crippen LogP contribution in [0, 0.1) is 5.92 Å². The Morgan fingerprint density at radius 1 is 1.25 bits per heavy atom. The molecule has 0 saturated carbocycles. The molecule has 0 aromatic carbocycles. The van der Waals surface area contributed by atoms with Gasteiger partial charge in [0.25, 0.3) is 0 Å². The van der Waals surface area contributed by atoms with Crippen molar-refractivity contribution >= 4 is 11.9 Å². The van der Waals surface area contributed by atoms with Crippen molar-refractivity contribution in [3.05, 3.63) is 30.1 Å². The van der Waals surface area contributed by atoms with Crippen molar-refractivity contribution < 1.29 is 19.1 Å². The van der Waals surface area contributed by atoms with Gasteiger partial charge in [-0.2, -0.15) is 0 Å². The fraction of sp³-hybridized carbons (Fsp3) is 0.533. The average molecular weight is 279 g/mol. The summed E-state index contributed by atoms with van der Waals surface area (Å²) >= 11 is 0. The number of carbonyl (C=O) groups excluding carboxylic acids is 2. The fourth-order valence-electron chi connectivity index (χ4n) is 1.77. The van der Waals surface area contributed by atoms with Crippen LogP contribution in [0.4, 0.5) is 0 Å². The van der Waals surface area contributed by atoms with Crippen LogP contribution in [-0.4, -0.2) is 30.1 Å². The lowest BCUT2D eigenvalue weighted by molar-refractivity contribution is -0.162. The largest absolute Gasteiger partial charge is 0.465 e. The van der Waals surface area contributed by atoms with Gasteiger partial charge in [0.1, 0.15) is 0 Å². The Morgan fingerprint density at radius 3 is 2.60 bits per heavy atom. The van der Waals surface area contributed by atoms with Gasteiger partial charge in [0.05, 0.1) is 13.2 Å². The summed E-state index contributed by atoms with van der Waals surface area (Å²) in [7, 11) is 0. The number of ether oxygens (including phenoxy) is 2. The molecule has 0 bridgehead atoms. The van der Waals surface area contributed by atoms with Crippen molar-refractivity contribution in [2.45, 2.75) is 33.1 Å². The molecule has 0 spiro atoms. The number of rotatable bonds is 8. The lowest BCUT2D eigenvalue weighted by Crippen LogP contribution is -2.27. The van der Waals surface area contributed by atoms with Crippen LogP contribution < -0.4 is 0 Å². The average Bonchev–Trinajstić information content (AvgIpc) is 2.46. The zero-order chi connectivity index (χ0) is 14.8. The normalized spacial score (nSPS) is 11.7. The first-order valence-corrected chi connectivity index (χ1v) is 6.91. The van der Waals surface area contributed by atoms with Crippen LogP contribution in [0.2, 0.25) is 0 Å². The number of hydrogen-bond donors (Lipinski definition) is 0. The third kappa shape index (κ3) is 5.38. The Labute approximate surface area is 119 Å². The van der Waals surface area contributed by atoms with Crippen molar-refractivity contribution in [2.75, 3.05) is 13.2 Å². The molecule has 1 atom stereocenters. The number of hydrogen-bond acceptors (Lipinski definition) is 5. The van der Waals surface area contributed by atoms with Crippen molar-refractivity contribution in [1.29, 1.82) is 0 Å². The van der Waals surface area contributed by atoms with Crippen LogP contribution in [0.25, 0.3) is 0 Å². The highest BCUT2D eigenvalue weighted by Gasteiger charge is 2.27. The number of esters is 2. The molecule has 0 aliphatic heterocycles. The number of carbonyl (C=O) groups is 2. The minimum atomic E-state index is -0.812. The molecule has 0 aliphatic carbocycles. The summed E-state index contributed by atoms with van der Waals surface area (Å²) in [5.41, 5.74) is 1.10. The predicted molar refractivity (Wildman–Crippen MR) is 73.9 cm³/mol. The Kier molecular flexibility index (Phi) is 7.32. The molecule has 0 amide bonds. The second kappa shape index (κ2) is 9.07. The van der Waals surface area contributed by atoms with Crippen LogP contribution in [0.15, 0.2) is 24.5 Å². The van der Waals surface area contributed by atoms with Crippen molar-refractivity contribution in [2.24, 2.45) is 5.92 Å². The van der Waals surface area contributed by atoms with Gasteiger partial charge < -0.3 is 9.47 Å². The van der Waals surface area contributed by atoms with Crippen LogP contribution in [0.3, 0.4) is 0 Å². The topological polar surface area (TPSA) is 65.5 Å². The monoisotopic (exact) mass is 279 g/mol. The molecule has 5 nitrogen and oxygen atoms in total. The highest BCUT2D eigenvalue weighted by molar-refractivity contribution is 5.94. The lowest BCUT2D eigenvalue weighted by Gasteiger charge is -2.12. The summed E-state index contributed by atoms with van der Waals surface area (Å²) in [6.07, 6.45) is 5.39. The van der Waals surface area contributed by atoms with E-state index in [1.807, 2.05) is 12.1 Å². The van der Waals surface area contributed by atoms with Gasteiger partial charge in [-0.1, -0.05) is 13.0 Å². The summed E-state index contributed by atoms with van der Waals surface area (Å²) < 4.78 is 9.97. The van der Waals surface area contributed by atoms with Gasteiger partial charge in [0.2, 0.25) is 0 Å². The smallest absolute Gasteiger partial charge is 0.320 e. The molecule has 0 aliphatic rings. The standard InChI is InChI=1S/C15H21NO4/c1-3-13(14(17)19-4-2)15(18)20-10-6-8-12-7-5-9-16-11-12/h5,7,9,11,13H,3-4,6,8,10H2,1-2H3. The first-order chi connectivity index (χ1) is 9.69. The Balaban J connectivity index is 2.29. The zero-order valence-electron chi connectivity index (χ0n) is 12.0. The summed E-state index contributed by atoms with van der Waals surface area (Å²) in [6, 6.07) is 3.84. The molecule has 0 N–H and O–H groups in total. The van der Waals surface area contributed by atoms with Crippen molar-refractivity contribution in [1.82, 2.24) is 4.98 Å². The van der Waals surface area contributed by atoms with E-state index in [1.165, 1.54) is 0 Å². The lowest BCUT2D eigenvalue weighted by atomic mass is 10.1. The molecule has 1 aromatic heterocycles. The van der Waals surface area contributed by atoms with E-state index in [2.05, 4.69) is 4.98 Å². The van der Waals surface area contributed by atoms with Gasteiger partial charge >= 0.3 is 11.9 Å². The van der Waals surface area contributed by atoms with E-state index in [1.54, 1.807) is 26.2 Å². The maximum absolute atomic E-state index is 11.8. The van der Waals surface area contributed by atoms with Crippen molar-refractivity contribution in [3.8, 4) is 0 Å². The predicted octanol–water partition coefficient (Wildman–Crippen LogP) is 2.15. The van der Waals surface area contributed by atoms with Crippen LogP contribution in [0.5, 0.6) is 0 Å². The molecular formula is C15H21NO4. The van der Waals surface area contributed by atoms with Crippen LogP contribution >= 0.6 is 0 Å². The molecule has 0 fully saturated rings. The second-order valence-corrected chi connectivity index (χ2v) is 4.35. The molecule has 1 heterocycles. The molecule has 1 aromatic rings. The maximum Gasteiger partial charge on any atom is 0.320 e. The number of aryl methyl sites for hydroxylation is 1. The first kappa shape index (κ1) is 16.1. The number of aromatic nitrogens is 1. The van der Waals surface area contributed by atoms with E-state index < -0.39 is 17.9 Å². The van der Waals surface area contributed by atoms with Gasteiger partial charge in [-0.25, -0.2) is 0 Å². The molecule has 110 valence electrons. The highest BCUT2D eigenvalue weighted by atomic mass is 16.6. The molecule has 1 unspecified atom stereocenters. The second-order valence-electron chi connectivity index (χ2n) is 4.35. The van der Waals surface area contributed by atoms with E-state index in [-0.39, 0.29) is 6.61 Å². The van der Waals surface area contributed by atoms with Gasteiger partial charge in [0.15, 0.2) is 5.92 Å². The van der Waals surface area contributed by atoms with E-state index in [0.29, 0.717) is 19.4 Å². The minimum Gasteiger partial charge on any atom is -0.465 e. The summed E-state index contributed by atoms with van der Waals surface area (Å²) in [4.78, 5) is 27.3. The van der Waals surface area contributed by atoms with E-state index >= 15 is 0 Å². The summed E-state index contributed by atoms with van der Waals surface area (Å²) in [5, 5.41) is 0. The summed E-state index contributed by atoms with van der Waals surface area (Å²) in [6.45, 7) is 4.04. The van der Waals surface area contributed by atoms with Gasteiger partial charge in [-0.05, 0) is 37.8 Å². The fourth-order valence-corrected chi connectivity index (χ4v) is 1.77. The third-order valence-electron chi connectivity index (χ3n) is 2.84. The minimum absolute atomic E-state index is 0.267. The zero-order valence-corrected chi connectivity index (χ0v) is 12.0. The Hall–Kier alpha value is -1.91. The van der Waals surface area contributed by atoms with E-state index in [9.17, 15) is 9.59 Å². The van der Waals surface area contributed by atoms with Gasteiger partial charge in [-0.3, -0.25) is 14.6 Å². The van der Waals surface area contributed by atoms with E-state index in [4.69, 9.17) is 9.47 Å². The molecule has 0 radical (unpaired) electrons. The SMILES string of the molecule is CCOC(=O)C(CC)C(=O)OCCCc1cccnc1. The molecular weight excluding hydrogens is 258 g/mol. The van der Waals surface area contributed by atoms with Crippen molar-refractivity contribution in [3.63, 3.8) is 0 Å². The van der Waals surface area contributed by atoms with Crippen LogP contribution in [0.1, 0.15) is 32.3 Å². The van der Waals surface area contributed by atoms with E-state index in [0.717, 1.165) is 12.0 Å². The number of pyridine rings is 1. The molecule has 20 heavy (non-hydrogen) atoms. The maximum atomic E-state index is 11.8. The summed E-state index contributed by atoms with van der Waals surface area (Å²) in [5.74, 6) is -1.82. The van der Waals surface area contributed by atoms with Gasteiger partial charge in [-0.15, -0.1) is 0 Å². The Morgan fingerprint density at radius 2 is 2.00 bits per heavy atom. The highest BCUT2D eigenvalue weighted by Crippen LogP contribution is 2.09.